The molecule has 0 atom stereocenters. The molecule has 22 heavy (non-hydrogen) atoms. The standard InChI is InChI=1S/C18H18N2O2/c1-20(2)18(22)15-9-11-16(12-10-15)19-17(21)13-8-14-6-4-3-5-7-14/h3-13H,1-2H3,(H,19,21). The van der Waals surface area contributed by atoms with Crippen molar-refractivity contribution in [3.8, 4) is 0 Å². The number of hydrogen-bond acceptors (Lipinski definition) is 2. The van der Waals surface area contributed by atoms with E-state index in [-0.39, 0.29) is 11.8 Å². The number of benzene rings is 2. The van der Waals surface area contributed by atoms with Gasteiger partial charge in [0.15, 0.2) is 0 Å². The number of amides is 2. The van der Waals surface area contributed by atoms with Gasteiger partial charge in [0, 0.05) is 31.4 Å². The Morgan fingerprint density at radius 2 is 1.59 bits per heavy atom. The van der Waals surface area contributed by atoms with Crippen LogP contribution < -0.4 is 5.32 Å². The quantitative estimate of drug-likeness (QED) is 0.881. The van der Waals surface area contributed by atoms with E-state index in [0.717, 1.165) is 5.56 Å². The van der Waals surface area contributed by atoms with Crippen LogP contribution in [0.1, 0.15) is 15.9 Å². The molecule has 2 aromatic carbocycles. The zero-order valence-corrected chi connectivity index (χ0v) is 12.6. The molecule has 4 nitrogen and oxygen atoms in total. The molecule has 1 N–H and O–H groups in total. The molecular formula is C18H18N2O2. The summed E-state index contributed by atoms with van der Waals surface area (Å²) < 4.78 is 0. The number of rotatable bonds is 4. The summed E-state index contributed by atoms with van der Waals surface area (Å²) in [6.07, 6.45) is 3.23. The van der Waals surface area contributed by atoms with E-state index >= 15 is 0 Å². The maximum absolute atomic E-state index is 11.8. The molecule has 112 valence electrons. The van der Waals surface area contributed by atoms with Crippen LogP contribution in [-0.2, 0) is 4.79 Å². The molecule has 0 saturated heterocycles. The molecule has 2 amide bonds. The van der Waals surface area contributed by atoms with Crippen LogP contribution >= 0.6 is 0 Å². The molecular weight excluding hydrogens is 276 g/mol. The van der Waals surface area contributed by atoms with Gasteiger partial charge in [0.2, 0.25) is 5.91 Å². The predicted octanol–water partition coefficient (Wildman–Crippen LogP) is 3.04. The van der Waals surface area contributed by atoms with E-state index < -0.39 is 0 Å². The normalized spacial score (nSPS) is 10.5. The molecule has 0 aromatic heterocycles. The summed E-state index contributed by atoms with van der Waals surface area (Å²) >= 11 is 0. The Kier molecular flexibility index (Phi) is 5.09. The summed E-state index contributed by atoms with van der Waals surface area (Å²) in [6, 6.07) is 16.4. The third kappa shape index (κ3) is 4.31. The van der Waals surface area contributed by atoms with Crippen molar-refractivity contribution in [1.29, 1.82) is 0 Å². The van der Waals surface area contributed by atoms with Crippen molar-refractivity contribution in [1.82, 2.24) is 4.90 Å². The van der Waals surface area contributed by atoms with Gasteiger partial charge >= 0.3 is 0 Å². The van der Waals surface area contributed by atoms with E-state index in [9.17, 15) is 9.59 Å². The number of anilines is 1. The van der Waals surface area contributed by atoms with Crippen molar-refractivity contribution < 1.29 is 9.59 Å². The highest BCUT2D eigenvalue weighted by atomic mass is 16.2. The lowest BCUT2D eigenvalue weighted by molar-refractivity contribution is -0.111. The lowest BCUT2D eigenvalue weighted by Gasteiger charge is -2.10. The largest absolute Gasteiger partial charge is 0.345 e. The summed E-state index contributed by atoms with van der Waals surface area (Å²) in [5.74, 6) is -0.280. The Labute approximate surface area is 130 Å². The lowest BCUT2D eigenvalue weighted by atomic mass is 10.2. The van der Waals surface area contributed by atoms with E-state index in [1.807, 2.05) is 30.3 Å². The molecule has 2 rings (SSSR count). The van der Waals surface area contributed by atoms with Crippen LogP contribution in [0.4, 0.5) is 5.69 Å². The van der Waals surface area contributed by atoms with Gasteiger partial charge in [0.1, 0.15) is 0 Å². The SMILES string of the molecule is CN(C)C(=O)c1ccc(NC(=O)C=Cc2ccccc2)cc1. The fourth-order valence-electron chi connectivity index (χ4n) is 1.87. The smallest absolute Gasteiger partial charge is 0.253 e. The van der Waals surface area contributed by atoms with Gasteiger partial charge in [0.05, 0.1) is 0 Å². The van der Waals surface area contributed by atoms with Gasteiger partial charge < -0.3 is 10.2 Å². The predicted molar refractivity (Wildman–Crippen MR) is 88.6 cm³/mol. The van der Waals surface area contributed by atoms with E-state index in [0.29, 0.717) is 11.3 Å². The first-order valence-electron chi connectivity index (χ1n) is 6.92. The minimum absolute atomic E-state index is 0.0677. The fourth-order valence-corrected chi connectivity index (χ4v) is 1.87. The molecule has 0 bridgehead atoms. The Bertz CT molecular complexity index is 674. The number of hydrogen-bond donors (Lipinski definition) is 1. The maximum Gasteiger partial charge on any atom is 0.253 e. The van der Waals surface area contributed by atoms with Crippen molar-refractivity contribution in [3.63, 3.8) is 0 Å². The van der Waals surface area contributed by atoms with Gasteiger partial charge in [-0.25, -0.2) is 0 Å². The fraction of sp³-hybridized carbons (Fsp3) is 0.111. The molecule has 0 heterocycles. The van der Waals surface area contributed by atoms with E-state index in [4.69, 9.17) is 0 Å². The molecule has 0 aliphatic heterocycles. The van der Waals surface area contributed by atoms with Gasteiger partial charge in [-0.1, -0.05) is 30.3 Å². The second-order valence-electron chi connectivity index (χ2n) is 5.01. The molecule has 0 aliphatic rings. The molecule has 0 spiro atoms. The zero-order chi connectivity index (χ0) is 15.9. The van der Waals surface area contributed by atoms with Crippen LogP contribution in [0.25, 0.3) is 6.08 Å². The van der Waals surface area contributed by atoms with Crippen LogP contribution in [0.3, 0.4) is 0 Å². The summed E-state index contributed by atoms with van der Waals surface area (Å²) in [5.41, 5.74) is 2.20. The molecule has 4 heteroatoms. The highest BCUT2D eigenvalue weighted by Crippen LogP contribution is 2.11. The van der Waals surface area contributed by atoms with E-state index in [2.05, 4.69) is 5.32 Å². The highest BCUT2D eigenvalue weighted by Gasteiger charge is 2.07. The van der Waals surface area contributed by atoms with E-state index in [1.54, 1.807) is 44.4 Å². The van der Waals surface area contributed by atoms with Crippen LogP contribution in [0.15, 0.2) is 60.7 Å². The summed E-state index contributed by atoms with van der Waals surface area (Å²) in [7, 11) is 3.40. The van der Waals surface area contributed by atoms with Crippen LogP contribution in [0, 0.1) is 0 Å². The van der Waals surface area contributed by atoms with Crippen molar-refractivity contribution in [2.24, 2.45) is 0 Å². The average Bonchev–Trinajstić information content (AvgIpc) is 2.54. The summed E-state index contributed by atoms with van der Waals surface area (Å²) in [5, 5.41) is 2.76. The molecule has 0 radical (unpaired) electrons. The third-order valence-electron chi connectivity index (χ3n) is 3.03. The first-order valence-corrected chi connectivity index (χ1v) is 6.92. The van der Waals surface area contributed by atoms with Crippen LogP contribution in [0.5, 0.6) is 0 Å². The van der Waals surface area contributed by atoms with Crippen LogP contribution in [0.2, 0.25) is 0 Å². The molecule has 0 aliphatic carbocycles. The number of carbonyl (C=O) groups excluding carboxylic acids is 2. The summed E-state index contributed by atoms with van der Waals surface area (Å²) in [4.78, 5) is 25.1. The summed E-state index contributed by atoms with van der Waals surface area (Å²) in [6.45, 7) is 0. The topological polar surface area (TPSA) is 49.4 Å². The van der Waals surface area contributed by atoms with Crippen LogP contribution in [-0.4, -0.2) is 30.8 Å². The Morgan fingerprint density at radius 3 is 2.18 bits per heavy atom. The third-order valence-corrected chi connectivity index (χ3v) is 3.03. The molecule has 0 saturated carbocycles. The number of nitrogens with zero attached hydrogens (tertiary/aromatic N) is 1. The van der Waals surface area contributed by atoms with Crippen molar-refractivity contribution in [3.05, 3.63) is 71.8 Å². The minimum atomic E-state index is -0.212. The average molecular weight is 294 g/mol. The molecule has 0 unspecified atom stereocenters. The van der Waals surface area contributed by atoms with Crippen molar-refractivity contribution in [2.75, 3.05) is 19.4 Å². The second kappa shape index (κ2) is 7.22. The monoisotopic (exact) mass is 294 g/mol. The van der Waals surface area contributed by atoms with Gasteiger partial charge in [0.25, 0.3) is 5.91 Å². The maximum atomic E-state index is 11.8. The first kappa shape index (κ1) is 15.5. The Morgan fingerprint density at radius 1 is 0.955 bits per heavy atom. The molecule has 2 aromatic rings. The number of nitrogens with one attached hydrogen (secondary N) is 1. The Hall–Kier alpha value is -2.88. The number of carbonyl (C=O) groups is 2. The second-order valence-corrected chi connectivity index (χ2v) is 5.01. The van der Waals surface area contributed by atoms with Crippen molar-refractivity contribution >= 4 is 23.6 Å². The van der Waals surface area contributed by atoms with Gasteiger partial charge in [-0.15, -0.1) is 0 Å². The zero-order valence-electron chi connectivity index (χ0n) is 12.6. The lowest BCUT2D eigenvalue weighted by Crippen LogP contribution is -2.21. The Balaban J connectivity index is 1.97. The van der Waals surface area contributed by atoms with E-state index in [1.165, 1.54) is 11.0 Å². The first-order chi connectivity index (χ1) is 10.6. The van der Waals surface area contributed by atoms with Gasteiger partial charge in [-0.05, 0) is 35.9 Å². The van der Waals surface area contributed by atoms with Gasteiger partial charge in [-0.2, -0.15) is 0 Å². The highest BCUT2D eigenvalue weighted by molar-refractivity contribution is 6.02. The van der Waals surface area contributed by atoms with Gasteiger partial charge in [-0.3, -0.25) is 9.59 Å². The molecule has 0 fully saturated rings. The van der Waals surface area contributed by atoms with Crippen molar-refractivity contribution in [2.45, 2.75) is 0 Å². The minimum Gasteiger partial charge on any atom is -0.345 e.